The van der Waals surface area contributed by atoms with Gasteiger partial charge in [0.25, 0.3) is 0 Å². The minimum atomic E-state index is 0.514. The molecule has 4 aromatic rings. The summed E-state index contributed by atoms with van der Waals surface area (Å²) < 4.78 is 0. The molecule has 0 radical (unpaired) electrons. The highest BCUT2D eigenvalue weighted by molar-refractivity contribution is 7.80. The van der Waals surface area contributed by atoms with E-state index >= 15 is 0 Å². The van der Waals surface area contributed by atoms with Crippen LogP contribution in [0.3, 0.4) is 0 Å². The van der Waals surface area contributed by atoms with Crippen molar-refractivity contribution in [3.63, 3.8) is 0 Å². The van der Waals surface area contributed by atoms with Crippen molar-refractivity contribution in [1.82, 2.24) is 15.3 Å². The first-order chi connectivity index (χ1) is 19.2. The maximum atomic E-state index is 5.62. The Bertz CT molecular complexity index is 1410. The van der Waals surface area contributed by atoms with Gasteiger partial charge in [0.2, 0.25) is 5.95 Å². The molecule has 6 rings (SSSR count). The largest absolute Gasteiger partial charge is 0.368 e. The minimum Gasteiger partial charge on any atom is -0.368 e. The van der Waals surface area contributed by atoms with Crippen molar-refractivity contribution in [2.45, 2.75) is 19.5 Å². The van der Waals surface area contributed by atoms with Crippen molar-refractivity contribution in [1.29, 1.82) is 0 Å². The molecular formula is C31H33N7S. The van der Waals surface area contributed by atoms with Crippen LogP contribution in [0.5, 0.6) is 0 Å². The number of fused-ring (bicyclic) bond motifs is 1. The third-order valence-electron chi connectivity index (χ3n) is 7.40. The summed E-state index contributed by atoms with van der Waals surface area (Å²) in [5.74, 6) is 2.38. The van der Waals surface area contributed by atoms with E-state index in [1.54, 1.807) is 0 Å². The highest BCUT2D eigenvalue weighted by Crippen LogP contribution is 2.28. The van der Waals surface area contributed by atoms with E-state index in [0.29, 0.717) is 17.6 Å². The lowest BCUT2D eigenvalue weighted by atomic mass is 10.00. The van der Waals surface area contributed by atoms with Crippen LogP contribution in [0, 0.1) is 0 Å². The van der Waals surface area contributed by atoms with Crippen molar-refractivity contribution in [2.24, 2.45) is 0 Å². The van der Waals surface area contributed by atoms with E-state index in [-0.39, 0.29) is 0 Å². The van der Waals surface area contributed by atoms with Gasteiger partial charge in [0.15, 0.2) is 5.11 Å². The zero-order valence-electron chi connectivity index (χ0n) is 22.0. The van der Waals surface area contributed by atoms with E-state index in [1.165, 1.54) is 22.4 Å². The average Bonchev–Trinajstić information content (AvgIpc) is 3.01. The molecule has 39 heavy (non-hydrogen) atoms. The van der Waals surface area contributed by atoms with E-state index < -0.39 is 0 Å². The van der Waals surface area contributed by atoms with Crippen LogP contribution >= 0.6 is 12.2 Å². The summed E-state index contributed by atoms with van der Waals surface area (Å²) in [7, 11) is 0. The van der Waals surface area contributed by atoms with Gasteiger partial charge in [-0.3, -0.25) is 0 Å². The SMILES string of the molecule is S=C(NCc1ccccc1)Nc1nc(N2CCN(c3ccccc3)CC2)cc(N2CCc3ccccc3C2)n1. The lowest BCUT2D eigenvalue weighted by Crippen LogP contribution is -2.47. The quantitative estimate of drug-likeness (QED) is 0.340. The van der Waals surface area contributed by atoms with Crippen molar-refractivity contribution >= 4 is 40.6 Å². The molecule has 3 heterocycles. The summed E-state index contributed by atoms with van der Waals surface area (Å²) in [5.41, 5.74) is 5.21. The van der Waals surface area contributed by atoms with Crippen molar-refractivity contribution in [3.05, 3.63) is 108 Å². The molecule has 0 aliphatic carbocycles. The average molecular weight is 536 g/mol. The topological polar surface area (TPSA) is 59.6 Å². The standard InChI is InChI=1S/C31H33N7S/c39-31(32-22-24-9-3-1-4-10-24)35-30-33-28(37-19-17-36(18-20-37)27-13-5-2-6-14-27)21-29(34-30)38-16-15-25-11-7-8-12-26(25)23-38/h1-14,21H,15-20,22-23H2,(H2,32,33,34,35,39). The lowest BCUT2D eigenvalue weighted by Gasteiger charge is -2.37. The Morgan fingerprint density at radius 3 is 2.05 bits per heavy atom. The molecule has 0 saturated carbocycles. The number of hydrogen-bond donors (Lipinski definition) is 2. The molecule has 0 unspecified atom stereocenters. The van der Waals surface area contributed by atoms with E-state index in [4.69, 9.17) is 22.2 Å². The van der Waals surface area contributed by atoms with Gasteiger partial charge in [0.05, 0.1) is 0 Å². The highest BCUT2D eigenvalue weighted by atomic mass is 32.1. The number of thiocarbonyl (C=S) groups is 1. The molecule has 2 aliphatic heterocycles. The summed E-state index contributed by atoms with van der Waals surface area (Å²) in [6.45, 7) is 6.08. The molecule has 8 heteroatoms. The number of rotatable bonds is 6. The lowest BCUT2D eigenvalue weighted by molar-refractivity contribution is 0.646. The number of nitrogens with one attached hydrogen (secondary N) is 2. The molecule has 2 aliphatic rings. The Labute approximate surface area is 235 Å². The predicted molar refractivity (Wildman–Crippen MR) is 164 cm³/mol. The third kappa shape index (κ3) is 6.12. The zero-order valence-corrected chi connectivity index (χ0v) is 22.8. The molecule has 3 aromatic carbocycles. The second-order valence-electron chi connectivity index (χ2n) is 9.95. The number of para-hydroxylation sites is 1. The Balaban J connectivity index is 1.21. The van der Waals surface area contributed by atoms with E-state index in [0.717, 1.165) is 57.3 Å². The van der Waals surface area contributed by atoms with Crippen LogP contribution in [0.25, 0.3) is 0 Å². The summed E-state index contributed by atoms with van der Waals surface area (Å²) in [6, 6.07) is 31.7. The normalized spacial score (nSPS) is 15.0. The molecule has 2 N–H and O–H groups in total. The van der Waals surface area contributed by atoms with Crippen molar-refractivity contribution < 1.29 is 0 Å². The van der Waals surface area contributed by atoms with Crippen LogP contribution in [-0.4, -0.2) is 47.8 Å². The molecular weight excluding hydrogens is 502 g/mol. The maximum absolute atomic E-state index is 5.62. The molecule has 0 atom stereocenters. The van der Waals surface area contributed by atoms with Crippen molar-refractivity contribution in [3.8, 4) is 0 Å². The Hall–Kier alpha value is -4.17. The van der Waals surface area contributed by atoms with Crippen LogP contribution in [-0.2, 0) is 19.5 Å². The molecule has 1 fully saturated rings. The predicted octanol–water partition coefficient (Wildman–Crippen LogP) is 4.85. The van der Waals surface area contributed by atoms with Crippen LogP contribution in [0.15, 0.2) is 91.0 Å². The van der Waals surface area contributed by atoms with Crippen LogP contribution in [0.4, 0.5) is 23.3 Å². The molecule has 1 saturated heterocycles. The number of hydrogen-bond acceptors (Lipinski definition) is 6. The smallest absolute Gasteiger partial charge is 0.232 e. The fourth-order valence-corrected chi connectivity index (χ4v) is 5.41. The van der Waals surface area contributed by atoms with E-state index in [9.17, 15) is 0 Å². The fourth-order valence-electron chi connectivity index (χ4n) is 5.25. The molecule has 0 spiro atoms. The molecule has 198 valence electrons. The van der Waals surface area contributed by atoms with Gasteiger partial charge < -0.3 is 25.3 Å². The fraction of sp³-hybridized carbons (Fsp3) is 0.258. The number of benzene rings is 3. The maximum Gasteiger partial charge on any atom is 0.232 e. The van der Waals surface area contributed by atoms with Gasteiger partial charge in [0, 0.05) is 57.6 Å². The van der Waals surface area contributed by atoms with Gasteiger partial charge in [-0.25, -0.2) is 0 Å². The zero-order chi connectivity index (χ0) is 26.4. The van der Waals surface area contributed by atoms with Crippen LogP contribution in [0.2, 0.25) is 0 Å². The van der Waals surface area contributed by atoms with Gasteiger partial charge in [-0.05, 0) is 47.5 Å². The Morgan fingerprint density at radius 1 is 0.692 bits per heavy atom. The summed E-state index contributed by atoms with van der Waals surface area (Å²) >= 11 is 5.62. The van der Waals surface area contributed by atoms with Gasteiger partial charge >= 0.3 is 0 Å². The summed E-state index contributed by atoms with van der Waals surface area (Å²) in [4.78, 5) is 17.0. The second kappa shape index (κ2) is 11.7. The first-order valence-corrected chi connectivity index (χ1v) is 14.0. The molecule has 7 nitrogen and oxygen atoms in total. The minimum absolute atomic E-state index is 0.514. The Morgan fingerprint density at radius 2 is 1.31 bits per heavy atom. The second-order valence-corrected chi connectivity index (χ2v) is 10.4. The number of anilines is 4. The first-order valence-electron chi connectivity index (χ1n) is 13.6. The monoisotopic (exact) mass is 535 g/mol. The molecule has 1 aromatic heterocycles. The van der Waals surface area contributed by atoms with Gasteiger partial charge in [-0.2, -0.15) is 9.97 Å². The van der Waals surface area contributed by atoms with Gasteiger partial charge in [0.1, 0.15) is 11.6 Å². The highest BCUT2D eigenvalue weighted by Gasteiger charge is 2.23. The summed E-state index contributed by atoms with van der Waals surface area (Å²) in [5, 5.41) is 7.06. The number of piperazine rings is 1. The number of nitrogens with zero attached hydrogens (tertiary/aromatic N) is 5. The van der Waals surface area contributed by atoms with Gasteiger partial charge in [-0.15, -0.1) is 0 Å². The number of aromatic nitrogens is 2. The summed E-state index contributed by atoms with van der Waals surface area (Å²) in [6.07, 6.45) is 1.01. The van der Waals surface area contributed by atoms with Gasteiger partial charge in [-0.1, -0.05) is 72.8 Å². The van der Waals surface area contributed by atoms with Crippen molar-refractivity contribution in [2.75, 3.05) is 52.7 Å². The first kappa shape index (κ1) is 25.1. The van der Waals surface area contributed by atoms with E-state index in [2.05, 4.69) is 98.1 Å². The Kier molecular flexibility index (Phi) is 7.54. The third-order valence-corrected chi connectivity index (χ3v) is 7.65. The van der Waals surface area contributed by atoms with Crippen LogP contribution < -0.4 is 25.3 Å². The molecule has 0 amide bonds. The van der Waals surface area contributed by atoms with E-state index in [1.807, 2.05) is 18.2 Å². The van der Waals surface area contributed by atoms with Crippen LogP contribution in [0.1, 0.15) is 16.7 Å². The molecule has 0 bridgehead atoms.